The Kier molecular flexibility index (Phi) is 11.5. The van der Waals surface area contributed by atoms with Gasteiger partial charge < -0.3 is 15.5 Å². The molecule has 1 aromatic carbocycles. The molecule has 164 valence electrons. The van der Waals surface area contributed by atoms with Crippen LogP contribution in [0.4, 0.5) is 0 Å². The van der Waals surface area contributed by atoms with Crippen molar-refractivity contribution >= 4 is 40.7 Å². The first-order chi connectivity index (χ1) is 13.7. The highest BCUT2D eigenvalue weighted by molar-refractivity contribution is 14.0. The van der Waals surface area contributed by atoms with Gasteiger partial charge in [0.25, 0.3) is 0 Å². The van der Waals surface area contributed by atoms with Crippen molar-refractivity contribution in [3.8, 4) is 0 Å². The lowest BCUT2D eigenvalue weighted by Gasteiger charge is -2.36. The number of guanidine groups is 1. The van der Waals surface area contributed by atoms with E-state index in [0.29, 0.717) is 24.1 Å². The van der Waals surface area contributed by atoms with E-state index >= 15 is 0 Å². The minimum Gasteiger partial charge on any atom is -0.357 e. The van der Waals surface area contributed by atoms with Crippen LogP contribution in [0.1, 0.15) is 51.0 Å². The maximum absolute atomic E-state index is 12.3. The minimum atomic E-state index is -0.874. The van der Waals surface area contributed by atoms with E-state index in [1.165, 1.54) is 51.6 Å². The Bertz CT molecular complexity index is 629. The third-order valence-electron chi connectivity index (χ3n) is 5.82. The molecule has 1 heterocycles. The Morgan fingerprint density at radius 2 is 1.83 bits per heavy atom. The molecule has 1 aliphatic heterocycles. The summed E-state index contributed by atoms with van der Waals surface area (Å²) in [6, 6.07) is 11.4. The smallest absolute Gasteiger partial charge is 0.191 e. The van der Waals surface area contributed by atoms with Crippen LogP contribution in [0.3, 0.4) is 0 Å². The van der Waals surface area contributed by atoms with Crippen LogP contribution < -0.4 is 10.6 Å². The predicted molar refractivity (Wildman–Crippen MR) is 135 cm³/mol. The molecule has 0 spiro atoms. The molecule has 0 bridgehead atoms. The Labute approximate surface area is 196 Å². The number of hydrogen-bond acceptors (Lipinski definition) is 3. The van der Waals surface area contributed by atoms with Gasteiger partial charge in [-0.15, -0.1) is 24.0 Å². The zero-order chi connectivity index (χ0) is 19.6. The number of aliphatic imine (C=N–C) groups is 1. The van der Waals surface area contributed by atoms with Gasteiger partial charge in [0.15, 0.2) is 5.96 Å². The minimum absolute atomic E-state index is 0. The summed E-state index contributed by atoms with van der Waals surface area (Å²) in [7, 11) is -0.874. The monoisotopic (exact) mass is 532 g/mol. The number of piperidine rings is 1. The first kappa shape index (κ1) is 24.6. The van der Waals surface area contributed by atoms with Gasteiger partial charge in [-0.25, -0.2) is 0 Å². The van der Waals surface area contributed by atoms with Crippen LogP contribution in [-0.4, -0.2) is 59.1 Å². The molecular weight excluding hydrogens is 495 g/mol. The van der Waals surface area contributed by atoms with Crippen LogP contribution >= 0.6 is 24.0 Å². The van der Waals surface area contributed by atoms with Crippen molar-refractivity contribution in [2.24, 2.45) is 4.99 Å². The quantitative estimate of drug-likeness (QED) is 0.306. The Morgan fingerprint density at radius 3 is 2.48 bits per heavy atom. The molecule has 1 saturated heterocycles. The number of nitrogens with one attached hydrogen (secondary N) is 2. The van der Waals surface area contributed by atoms with Gasteiger partial charge in [0, 0.05) is 54.0 Å². The number of benzene rings is 1. The summed E-state index contributed by atoms with van der Waals surface area (Å²) in [6.07, 6.45) is 7.96. The maximum atomic E-state index is 12.3. The van der Waals surface area contributed by atoms with E-state index in [0.717, 1.165) is 24.1 Å². The van der Waals surface area contributed by atoms with Crippen LogP contribution in [0, 0.1) is 0 Å². The average Bonchev–Trinajstić information content (AvgIpc) is 3.24. The van der Waals surface area contributed by atoms with E-state index < -0.39 is 10.8 Å². The molecule has 0 radical (unpaired) electrons. The molecule has 7 heteroatoms. The van der Waals surface area contributed by atoms with Gasteiger partial charge in [-0.1, -0.05) is 43.2 Å². The van der Waals surface area contributed by atoms with E-state index in [-0.39, 0.29) is 24.0 Å². The van der Waals surface area contributed by atoms with Gasteiger partial charge in [-0.05, 0) is 38.2 Å². The van der Waals surface area contributed by atoms with Crippen molar-refractivity contribution in [1.29, 1.82) is 0 Å². The second kappa shape index (κ2) is 13.6. The fraction of sp³-hybridized carbons (Fsp3) is 0.682. The second-order valence-electron chi connectivity index (χ2n) is 7.93. The molecule has 0 aromatic heterocycles. The van der Waals surface area contributed by atoms with Crippen LogP contribution in [-0.2, 0) is 16.6 Å². The third-order valence-corrected chi connectivity index (χ3v) is 7.11. The van der Waals surface area contributed by atoms with Gasteiger partial charge in [0.2, 0.25) is 0 Å². The van der Waals surface area contributed by atoms with Crippen molar-refractivity contribution < 1.29 is 4.21 Å². The molecule has 0 amide bonds. The zero-order valence-corrected chi connectivity index (χ0v) is 20.8. The lowest BCUT2D eigenvalue weighted by atomic mass is 10.0. The number of nitrogens with zero attached hydrogens (tertiary/aromatic N) is 2. The van der Waals surface area contributed by atoms with Crippen LogP contribution in [0.5, 0.6) is 0 Å². The highest BCUT2D eigenvalue weighted by atomic mass is 127. The molecule has 2 N–H and O–H groups in total. The van der Waals surface area contributed by atoms with Crippen LogP contribution in [0.2, 0.25) is 0 Å². The lowest BCUT2D eigenvalue weighted by Crippen LogP contribution is -2.50. The Morgan fingerprint density at radius 1 is 1.14 bits per heavy atom. The van der Waals surface area contributed by atoms with Gasteiger partial charge in [-0.3, -0.25) is 9.20 Å². The lowest BCUT2D eigenvalue weighted by molar-refractivity contribution is 0.150. The molecule has 1 aliphatic carbocycles. The Hall–Kier alpha value is -0.670. The summed E-state index contributed by atoms with van der Waals surface area (Å²) in [6.45, 7) is 5.93. The fourth-order valence-electron chi connectivity index (χ4n) is 4.28. The van der Waals surface area contributed by atoms with Gasteiger partial charge in [-0.2, -0.15) is 0 Å². The average molecular weight is 533 g/mol. The molecule has 29 heavy (non-hydrogen) atoms. The number of rotatable bonds is 8. The predicted octanol–water partition coefficient (Wildman–Crippen LogP) is 3.52. The number of hydrogen-bond donors (Lipinski definition) is 2. The zero-order valence-electron chi connectivity index (χ0n) is 17.6. The van der Waals surface area contributed by atoms with Gasteiger partial charge in [0.05, 0.1) is 6.54 Å². The molecule has 1 atom stereocenters. The molecule has 2 fully saturated rings. The molecular formula is C22H37IN4OS. The van der Waals surface area contributed by atoms with Crippen molar-refractivity contribution in [2.75, 3.05) is 31.9 Å². The summed E-state index contributed by atoms with van der Waals surface area (Å²) in [5, 5.41) is 6.95. The number of halogens is 1. The highest BCUT2D eigenvalue weighted by Gasteiger charge is 2.27. The van der Waals surface area contributed by atoms with E-state index in [4.69, 9.17) is 0 Å². The molecule has 5 nitrogen and oxygen atoms in total. The van der Waals surface area contributed by atoms with Crippen LogP contribution in [0.15, 0.2) is 35.3 Å². The fourth-order valence-corrected chi connectivity index (χ4v) is 5.29. The topological polar surface area (TPSA) is 56.7 Å². The maximum Gasteiger partial charge on any atom is 0.191 e. The first-order valence-electron chi connectivity index (χ1n) is 10.9. The van der Waals surface area contributed by atoms with E-state index in [2.05, 4.69) is 27.4 Å². The summed E-state index contributed by atoms with van der Waals surface area (Å²) in [5.41, 5.74) is 1.13. The highest BCUT2D eigenvalue weighted by Crippen LogP contribution is 2.26. The largest absolute Gasteiger partial charge is 0.357 e. The van der Waals surface area contributed by atoms with Crippen molar-refractivity contribution in [2.45, 2.75) is 63.3 Å². The molecule has 2 aliphatic rings. The van der Waals surface area contributed by atoms with Gasteiger partial charge in [0.1, 0.15) is 0 Å². The van der Waals surface area contributed by atoms with E-state index in [9.17, 15) is 4.21 Å². The van der Waals surface area contributed by atoms with Gasteiger partial charge >= 0.3 is 0 Å². The number of likely N-dealkylation sites (tertiary alicyclic amines) is 1. The molecule has 3 rings (SSSR count). The first-order valence-corrected chi connectivity index (χ1v) is 12.4. The summed E-state index contributed by atoms with van der Waals surface area (Å²) in [5.74, 6) is 2.09. The van der Waals surface area contributed by atoms with E-state index in [1.54, 1.807) is 0 Å². The van der Waals surface area contributed by atoms with Crippen molar-refractivity contribution in [1.82, 2.24) is 15.5 Å². The standard InChI is InChI=1S/C22H36N4OS.HI/c1-2-23-22(24-14-17-28(27)18-19-8-4-3-5-9-19)25-20-12-15-26(16-13-20)21-10-6-7-11-21;/h3-5,8-9,20-21H,2,6-7,10-18H2,1H3,(H2,23,24,25);1H. The summed E-state index contributed by atoms with van der Waals surface area (Å²) in [4.78, 5) is 7.37. The van der Waals surface area contributed by atoms with Crippen LogP contribution in [0.25, 0.3) is 0 Å². The molecule has 1 saturated carbocycles. The summed E-state index contributed by atoms with van der Waals surface area (Å²) < 4.78 is 12.3. The SMILES string of the molecule is CCNC(=NCCS(=O)Cc1ccccc1)NC1CCN(C2CCCC2)CC1.I. The second-order valence-corrected chi connectivity index (χ2v) is 9.50. The third kappa shape index (κ3) is 8.53. The summed E-state index contributed by atoms with van der Waals surface area (Å²) >= 11 is 0. The molecule has 1 unspecified atom stereocenters. The Balaban J connectivity index is 0.00000300. The van der Waals surface area contributed by atoms with E-state index in [1.807, 2.05) is 30.3 Å². The van der Waals surface area contributed by atoms with Crippen molar-refractivity contribution in [3.63, 3.8) is 0 Å². The normalized spacial score (nSPS) is 20.2. The molecule has 1 aromatic rings. The van der Waals surface area contributed by atoms with Crippen molar-refractivity contribution in [3.05, 3.63) is 35.9 Å².